The molecule has 5 rings (SSSR count). The SMILES string of the molecule is CNC(=O)c1ccc(C(=O)N2CCc3c2cc(C)c([C@H](OC(C)(C)C)C(=O)O)c3-c2cc(F)c3c(c2C)CCCO3)cc1. The van der Waals surface area contributed by atoms with Gasteiger partial charge >= 0.3 is 5.97 Å². The van der Waals surface area contributed by atoms with E-state index in [1.807, 2.05) is 13.0 Å². The Balaban J connectivity index is 1.71. The number of anilines is 1. The lowest BCUT2D eigenvalue weighted by atomic mass is 9.83. The summed E-state index contributed by atoms with van der Waals surface area (Å²) in [6.45, 7) is 9.89. The van der Waals surface area contributed by atoms with Crippen molar-refractivity contribution in [3.63, 3.8) is 0 Å². The first-order valence-electron chi connectivity index (χ1n) is 14.5. The number of halogens is 1. The quantitative estimate of drug-likeness (QED) is 0.370. The second-order valence-corrected chi connectivity index (χ2v) is 12.1. The predicted molar refractivity (Wildman–Crippen MR) is 162 cm³/mol. The van der Waals surface area contributed by atoms with E-state index in [1.54, 1.807) is 63.9 Å². The van der Waals surface area contributed by atoms with Crippen molar-refractivity contribution in [1.82, 2.24) is 5.32 Å². The number of nitrogens with zero attached hydrogens (tertiary/aromatic N) is 1. The molecule has 1 atom stereocenters. The third-order valence-electron chi connectivity index (χ3n) is 8.06. The number of nitrogens with one attached hydrogen (secondary N) is 1. The molecule has 0 aliphatic carbocycles. The number of rotatable bonds is 6. The number of aryl methyl sites for hydroxylation is 1. The van der Waals surface area contributed by atoms with Crippen LogP contribution in [0.2, 0.25) is 0 Å². The number of hydrogen-bond donors (Lipinski definition) is 2. The summed E-state index contributed by atoms with van der Waals surface area (Å²) in [5, 5.41) is 13.0. The maximum Gasteiger partial charge on any atom is 0.337 e. The van der Waals surface area contributed by atoms with Crippen LogP contribution in [0.5, 0.6) is 5.75 Å². The Hall–Kier alpha value is -4.24. The van der Waals surface area contributed by atoms with Crippen LogP contribution in [0.3, 0.4) is 0 Å². The summed E-state index contributed by atoms with van der Waals surface area (Å²) in [7, 11) is 1.54. The molecule has 0 spiro atoms. The number of fused-ring (bicyclic) bond motifs is 2. The van der Waals surface area contributed by atoms with Crippen LogP contribution in [-0.4, -0.2) is 48.7 Å². The number of carbonyl (C=O) groups is 3. The van der Waals surface area contributed by atoms with Gasteiger partial charge in [0, 0.05) is 41.5 Å². The highest BCUT2D eigenvalue weighted by Gasteiger charge is 2.37. The van der Waals surface area contributed by atoms with Crippen LogP contribution in [0.25, 0.3) is 11.1 Å². The summed E-state index contributed by atoms with van der Waals surface area (Å²) in [4.78, 5) is 40.2. The molecule has 2 heterocycles. The van der Waals surface area contributed by atoms with Crippen molar-refractivity contribution in [1.29, 1.82) is 0 Å². The second kappa shape index (κ2) is 11.4. The minimum absolute atomic E-state index is 0.246. The molecule has 226 valence electrons. The van der Waals surface area contributed by atoms with Crippen LogP contribution in [0.15, 0.2) is 36.4 Å². The van der Waals surface area contributed by atoms with E-state index in [4.69, 9.17) is 9.47 Å². The fourth-order valence-corrected chi connectivity index (χ4v) is 6.12. The van der Waals surface area contributed by atoms with Gasteiger partial charge in [0.1, 0.15) is 0 Å². The summed E-state index contributed by atoms with van der Waals surface area (Å²) in [5.41, 5.74) is 5.30. The van der Waals surface area contributed by atoms with Gasteiger partial charge in [-0.05, 0) is 118 Å². The van der Waals surface area contributed by atoms with Crippen LogP contribution in [-0.2, 0) is 22.4 Å². The van der Waals surface area contributed by atoms with E-state index < -0.39 is 23.5 Å². The molecule has 0 aromatic heterocycles. The molecule has 0 radical (unpaired) electrons. The maximum absolute atomic E-state index is 15.6. The van der Waals surface area contributed by atoms with Crippen molar-refractivity contribution in [3.05, 3.63) is 81.2 Å². The lowest BCUT2D eigenvalue weighted by Gasteiger charge is -2.30. The summed E-state index contributed by atoms with van der Waals surface area (Å²) in [5.74, 6) is -1.90. The van der Waals surface area contributed by atoms with E-state index in [9.17, 15) is 19.5 Å². The molecule has 0 saturated carbocycles. The average Bonchev–Trinajstić information content (AvgIpc) is 3.39. The Morgan fingerprint density at radius 3 is 2.35 bits per heavy atom. The third kappa shape index (κ3) is 5.61. The van der Waals surface area contributed by atoms with Crippen molar-refractivity contribution in [2.45, 2.75) is 65.6 Å². The van der Waals surface area contributed by atoms with Crippen LogP contribution >= 0.6 is 0 Å². The van der Waals surface area contributed by atoms with Gasteiger partial charge in [-0.2, -0.15) is 0 Å². The lowest BCUT2D eigenvalue weighted by Crippen LogP contribution is -2.30. The minimum Gasteiger partial charge on any atom is -0.490 e. The van der Waals surface area contributed by atoms with Gasteiger partial charge in [-0.25, -0.2) is 9.18 Å². The van der Waals surface area contributed by atoms with E-state index in [0.29, 0.717) is 65.1 Å². The van der Waals surface area contributed by atoms with Gasteiger partial charge < -0.3 is 24.8 Å². The van der Waals surface area contributed by atoms with Crippen LogP contribution in [0.1, 0.15) is 81.8 Å². The lowest BCUT2D eigenvalue weighted by molar-refractivity contribution is -0.160. The molecule has 2 aliphatic heterocycles. The van der Waals surface area contributed by atoms with E-state index in [2.05, 4.69) is 5.32 Å². The summed E-state index contributed by atoms with van der Waals surface area (Å²) in [6, 6.07) is 9.70. The maximum atomic E-state index is 15.6. The summed E-state index contributed by atoms with van der Waals surface area (Å²) in [6.07, 6.45) is 0.516. The standard InChI is InChI=1S/C34H37FN2O6/c1-18-16-26-23(13-14-37(26)32(39)21-11-9-20(10-12-21)31(38)36-6)28(27(18)30(33(40)41)43-34(3,4)5)24-17-25(35)29-22(19(24)2)8-7-15-42-29/h9-12,16-17,30H,7-8,13-15H2,1-6H3,(H,36,38)(H,40,41)/t30-/m0/s1. The van der Waals surface area contributed by atoms with Gasteiger partial charge in [0.05, 0.1) is 12.2 Å². The van der Waals surface area contributed by atoms with Crippen molar-refractivity contribution in [2.75, 3.05) is 25.1 Å². The Bertz CT molecular complexity index is 1620. The fraction of sp³-hybridized carbons (Fsp3) is 0.382. The predicted octanol–water partition coefficient (Wildman–Crippen LogP) is 5.94. The highest BCUT2D eigenvalue weighted by molar-refractivity contribution is 6.09. The molecule has 9 heteroatoms. The van der Waals surface area contributed by atoms with E-state index >= 15 is 4.39 Å². The van der Waals surface area contributed by atoms with E-state index in [1.165, 1.54) is 6.07 Å². The highest BCUT2D eigenvalue weighted by Crippen LogP contribution is 2.47. The number of carboxylic acid groups (broad SMARTS) is 1. The number of ether oxygens (including phenoxy) is 2. The van der Waals surface area contributed by atoms with E-state index in [0.717, 1.165) is 23.1 Å². The van der Waals surface area contributed by atoms with Crippen molar-refractivity contribution >= 4 is 23.5 Å². The molecule has 0 unspecified atom stereocenters. The molecule has 8 nitrogen and oxygen atoms in total. The van der Waals surface area contributed by atoms with Crippen molar-refractivity contribution in [2.24, 2.45) is 0 Å². The first-order valence-corrected chi connectivity index (χ1v) is 14.5. The van der Waals surface area contributed by atoms with Gasteiger partial charge in [0.25, 0.3) is 11.8 Å². The van der Waals surface area contributed by atoms with Gasteiger partial charge in [-0.3, -0.25) is 9.59 Å². The minimum atomic E-state index is -1.32. The molecule has 2 N–H and O–H groups in total. The number of amides is 2. The first-order chi connectivity index (χ1) is 20.3. The fourth-order valence-electron chi connectivity index (χ4n) is 6.12. The number of carbonyl (C=O) groups excluding carboxylic acids is 2. The first kappa shape index (κ1) is 30.2. The van der Waals surface area contributed by atoms with Gasteiger partial charge in [-0.15, -0.1) is 0 Å². The number of carboxylic acids is 1. The number of hydrogen-bond acceptors (Lipinski definition) is 5. The van der Waals surface area contributed by atoms with Crippen LogP contribution in [0, 0.1) is 19.7 Å². The molecule has 0 fully saturated rings. The van der Waals surface area contributed by atoms with Gasteiger partial charge in [0.2, 0.25) is 0 Å². The monoisotopic (exact) mass is 588 g/mol. The zero-order valence-electron chi connectivity index (χ0n) is 25.4. The number of aliphatic carboxylic acids is 1. The zero-order chi connectivity index (χ0) is 31.2. The zero-order valence-corrected chi connectivity index (χ0v) is 25.4. The normalized spacial score (nSPS) is 14.9. The van der Waals surface area contributed by atoms with Crippen molar-refractivity contribution < 1.29 is 33.4 Å². The molecular formula is C34H37FN2O6. The topological polar surface area (TPSA) is 105 Å². The molecule has 0 saturated heterocycles. The third-order valence-corrected chi connectivity index (χ3v) is 8.06. The molecule has 2 aliphatic rings. The Labute approximate surface area is 250 Å². The summed E-state index contributed by atoms with van der Waals surface area (Å²) < 4.78 is 27.4. The highest BCUT2D eigenvalue weighted by atomic mass is 19.1. The van der Waals surface area contributed by atoms with E-state index in [-0.39, 0.29) is 17.6 Å². The Kier molecular flexibility index (Phi) is 8.05. The van der Waals surface area contributed by atoms with Crippen LogP contribution in [0.4, 0.5) is 10.1 Å². The molecule has 2 amide bonds. The molecule has 43 heavy (non-hydrogen) atoms. The van der Waals surface area contributed by atoms with Crippen molar-refractivity contribution in [3.8, 4) is 16.9 Å². The van der Waals surface area contributed by atoms with Crippen LogP contribution < -0.4 is 15.0 Å². The summed E-state index contributed by atoms with van der Waals surface area (Å²) >= 11 is 0. The molecule has 3 aromatic carbocycles. The Morgan fingerprint density at radius 2 is 1.72 bits per heavy atom. The second-order valence-electron chi connectivity index (χ2n) is 12.1. The van der Waals surface area contributed by atoms with Gasteiger partial charge in [0.15, 0.2) is 17.7 Å². The molecule has 3 aromatic rings. The molecule has 0 bridgehead atoms. The number of benzene rings is 3. The smallest absolute Gasteiger partial charge is 0.337 e. The largest absolute Gasteiger partial charge is 0.490 e. The molecular weight excluding hydrogens is 551 g/mol. The average molecular weight is 589 g/mol. The Morgan fingerprint density at radius 1 is 1.05 bits per heavy atom. The van der Waals surface area contributed by atoms with Gasteiger partial charge in [-0.1, -0.05) is 0 Å².